The van der Waals surface area contributed by atoms with Gasteiger partial charge in [-0.05, 0) is 52.0 Å². The molecular weight excluding hydrogens is 226 g/mol. The van der Waals surface area contributed by atoms with Crippen LogP contribution in [0.1, 0.15) is 53.4 Å². The van der Waals surface area contributed by atoms with E-state index >= 15 is 0 Å². The first-order chi connectivity index (χ1) is 8.50. The fraction of sp³-hybridized carbons (Fsp3) is 1.00. The van der Waals surface area contributed by atoms with Gasteiger partial charge in [0.25, 0.3) is 0 Å². The largest absolute Gasteiger partial charge is 0.379 e. The predicted molar refractivity (Wildman–Crippen MR) is 75.9 cm³/mol. The Balaban J connectivity index is 2.49. The van der Waals surface area contributed by atoms with Gasteiger partial charge in [-0.1, -0.05) is 13.8 Å². The second kappa shape index (κ2) is 7.46. The van der Waals surface area contributed by atoms with Crippen LogP contribution in [0.4, 0.5) is 0 Å². The van der Waals surface area contributed by atoms with E-state index in [0.29, 0.717) is 18.1 Å². The van der Waals surface area contributed by atoms with Crippen molar-refractivity contribution in [1.29, 1.82) is 0 Å². The van der Waals surface area contributed by atoms with E-state index in [-0.39, 0.29) is 5.60 Å². The minimum Gasteiger partial charge on any atom is -0.379 e. The minimum atomic E-state index is -0.0337. The lowest BCUT2D eigenvalue weighted by molar-refractivity contribution is 0.00117. The van der Waals surface area contributed by atoms with Crippen molar-refractivity contribution in [2.45, 2.75) is 71.1 Å². The number of hydrogen-bond donors (Lipinski definition) is 1. The Kier molecular flexibility index (Phi) is 6.61. The summed E-state index contributed by atoms with van der Waals surface area (Å²) in [5.41, 5.74) is -0.0337. The number of hydrogen-bond acceptors (Lipinski definition) is 3. The third kappa shape index (κ3) is 4.87. The standard InChI is InChI=1S/C15H31NO2/c1-6-10-16-13(7-9-15(3,4)17-5)14-12(2)8-11-18-14/h12-14,16H,6-11H2,1-5H3. The van der Waals surface area contributed by atoms with Gasteiger partial charge in [0.05, 0.1) is 11.7 Å². The van der Waals surface area contributed by atoms with Gasteiger partial charge in [0.2, 0.25) is 0 Å². The molecule has 1 aliphatic rings. The van der Waals surface area contributed by atoms with Crippen LogP contribution in [0.5, 0.6) is 0 Å². The third-order valence-electron chi connectivity index (χ3n) is 4.11. The van der Waals surface area contributed by atoms with Gasteiger partial charge in [0.15, 0.2) is 0 Å². The fourth-order valence-corrected chi connectivity index (χ4v) is 2.55. The molecule has 0 aromatic carbocycles. The van der Waals surface area contributed by atoms with Crippen molar-refractivity contribution >= 4 is 0 Å². The fourth-order valence-electron chi connectivity index (χ4n) is 2.55. The summed E-state index contributed by atoms with van der Waals surface area (Å²) < 4.78 is 11.4. The van der Waals surface area contributed by atoms with Crippen LogP contribution in [0.15, 0.2) is 0 Å². The Hall–Kier alpha value is -0.120. The molecule has 0 saturated carbocycles. The van der Waals surface area contributed by atoms with E-state index in [0.717, 1.165) is 26.0 Å². The molecule has 1 saturated heterocycles. The highest BCUT2D eigenvalue weighted by atomic mass is 16.5. The van der Waals surface area contributed by atoms with Crippen molar-refractivity contribution in [3.8, 4) is 0 Å². The summed E-state index contributed by atoms with van der Waals surface area (Å²) in [4.78, 5) is 0. The molecule has 0 aromatic rings. The molecule has 3 heteroatoms. The molecule has 0 aromatic heterocycles. The molecule has 0 radical (unpaired) electrons. The summed E-state index contributed by atoms with van der Waals surface area (Å²) in [7, 11) is 1.79. The summed E-state index contributed by atoms with van der Waals surface area (Å²) in [5.74, 6) is 0.671. The summed E-state index contributed by atoms with van der Waals surface area (Å²) in [6.45, 7) is 10.8. The van der Waals surface area contributed by atoms with Gasteiger partial charge in [-0.3, -0.25) is 0 Å². The van der Waals surface area contributed by atoms with Crippen LogP contribution in [0.25, 0.3) is 0 Å². The maximum atomic E-state index is 5.92. The van der Waals surface area contributed by atoms with Crippen LogP contribution < -0.4 is 5.32 Å². The van der Waals surface area contributed by atoms with E-state index in [1.807, 2.05) is 0 Å². The number of rotatable bonds is 8. The summed E-state index contributed by atoms with van der Waals surface area (Å²) >= 11 is 0. The maximum Gasteiger partial charge on any atom is 0.0754 e. The highest BCUT2D eigenvalue weighted by Crippen LogP contribution is 2.27. The van der Waals surface area contributed by atoms with Gasteiger partial charge in [0, 0.05) is 19.8 Å². The van der Waals surface area contributed by atoms with Crippen molar-refractivity contribution < 1.29 is 9.47 Å². The molecule has 0 aliphatic carbocycles. The maximum absolute atomic E-state index is 5.92. The van der Waals surface area contributed by atoms with Gasteiger partial charge >= 0.3 is 0 Å². The lowest BCUT2D eigenvalue weighted by Crippen LogP contribution is -2.43. The number of ether oxygens (including phenoxy) is 2. The van der Waals surface area contributed by atoms with Crippen LogP contribution in [-0.4, -0.2) is 38.0 Å². The zero-order valence-corrected chi connectivity index (χ0v) is 12.8. The van der Waals surface area contributed by atoms with Crippen LogP contribution >= 0.6 is 0 Å². The van der Waals surface area contributed by atoms with Crippen LogP contribution in [0, 0.1) is 5.92 Å². The van der Waals surface area contributed by atoms with E-state index in [4.69, 9.17) is 9.47 Å². The first-order valence-electron chi connectivity index (χ1n) is 7.40. The lowest BCUT2D eigenvalue weighted by Gasteiger charge is -2.31. The molecule has 1 heterocycles. The average molecular weight is 257 g/mol. The predicted octanol–water partition coefficient (Wildman–Crippen LogP) is 2.98. The van der Waals surface area contributed by atoms with Crippen molar-refractivity contribution in [3.63, 3.8) is 0 Å². The van der Waals surface area contributed by atoms with E-state index < -0.39 is 0 Å². The Morgan fingerprint density at radius 2 is 2.17 bits per heavy atom. The highest BCUT2D eigenvalue weighted by molar-refractivity contribution is 4.86. The van der Waals surface area contributed by atoms with Crippen molar-refractivity contribution in [2.24, 2.45) is 5.92 Å². The second-order valence-corrected chi connectivity index (χ2v) is 6.16. The Bertz CT molecular complexity index is 231. The second-order valence-electron chi connectivity index (χ2n) is 6.16. The molecule has 3 nitrogen and oxygen atoms in total. The SMILES string of the molecule is CCCNC(CCC(C)(C)OC)C1OCCC1C. The molecule has 3 atom stereocenters. The molecule has 3 unspecified atom stereocenters. The molecule has 18 heavy (non-hydrogen) atoms. The zero-order valence-electron chi connectivity index (χ0n) is 12.8. The van der Waals surface area contributed by atoms with E-state index in [1.165, 1.54) is 12.8 Å². The summed E-state index contributed by atoms with van der Waals surface area (Å²) in [6, 6.07) is 0.469. The van der Waals surface area contributed by atoms with E-state index in [9.17, 15) is 0 Å². The van der Waals surface area contributed by atoms with Crippen LogP contribution in [0.3, 0.4) is 0 Å². The molecule has 1 aliphatic heterocycles. The van der Waals surface area contributed by atoms with Crippen LogP contribution in [-0.2, 0) is 9.47 Å². The molecular formula is C15H31NO2. The van der Waals surface area contributed by atoms with Gasteiger partial charge in [0.1, 0.15) is 0 Å². The lowest BCUT2D eigenvalue weighted by atomic mass is 9.91. The van der Waals surface area contributed by atoms with Crippen molar-refractivity contribution in [3.05, 3.63) is 0 Å². The smallest absolute Gasteiger partial charge is 0.0754 e. The van der Waals surface area contributed by atoms with Gasteiger partial charge < -0.3 is 14.8 Å². The molecule has 0 spiro atoms. The molecule has 108 valence electrons. The molecule has 1 rings (SSSR count). The molecule has 0 bridgehead atoms. The number of methoxy groups -OCH3 is 1. The Morgan fingerprint density at radius 3 is 2.67 bits per heavy atom. The van der Waals surface area contributed by atoms with Crippen LogP contribution in [0.2, 0.25) is 0 Å². The Labute approximate surface area is 113 Å². The van der Waals surface area contributed by atoms with E-state index in [1.54, 1.807) is 7.11 Å². The monoisotopic (exact) mass is 257 g/mol. The van der Waals surface area contributed by atoms with Gasteiger partial charge in [-0.25, -0.2) is 0 Å². The topological polar surface area (TPSA) is 30.5 Å². The normalized spacial score (nSPS) is 26.5. The molecule has 1 N–H and O–H groups in total. The summed E-state index contributed by atoms with van der Waals surface area (Å²) in [5, 5.41) is 3.66. The molecule has 0 amide bonds. The van der Waals surface area contributed by atoms with Crippen molar-refractivity contribution in [2.75, 3.05) is 20.3 Å². The van der Waals surface area contributed by atoms with Gasteiger partial charge in [-0.2, -0.15) is 0 Å². The van der Waals surface area contributed by atoms with E-state index in [2.05, 4.69) is 33.0 Å². The molecule has 1 fully saturated rings. The quantitative estimate of drug-likeness (QED) is 0.725. The average Bonchev–Trinajstić information content (AvgIpc) is 2.76. The summed E-state index contributed by atoms with van der Waals surface area (Å²) in [6.07, 6.45) is 4.94. The minimum absolute atomic E-state index is 0.0337. The highest BCUT2D eigenvalue weighted by Gasteiger charge is 2.32. The zero-order chi connectivity index (χ0) is 13.6. The number of nitrogens with one attached hydrogen (secondary N) is 1. The Morgan fingerprint density at radius 1 is 1.44 bits per heavy atom. The van der Waals surface area contributed by atoms with Gasteiger partial charge in [-0.15, -0.1) is 0 Å². The van der Waals surface area contributed by atoms with Crippen molar-refractivity contribution in [1.82, 2.24) is 5.32 Å². The first-order valence-corrected chi connectivity index (χ1v) is 7.40. The first kappa shape index (κ1) is 15.9. The third-order valence-corrected chi connectivity index (χ3v) is 4.11.